The molecule has 4 heteroatoms. The molecular weight excluding hydrogens is 258 g/mol. The highest BCUT2D eigenvalue weighted by atomic mass is 35.5. The summed E-state index contributed by atoms with van der Waals surface area (Å²) in [6.07, 6.45) is 2.28. The normalized spacial score (nSPS) is 18.9. The van der Waals surface area contributed by atoms with Gasteiger partial charge in [-0.2, -0.15) is 0 Å². The molecular formula is C15H24ClN3. The first-order valence-electron chi connectivity index (χ1n) is 7.22. The van der Waals surface area contributed by atoms with Gasteiger partial charge in [0.1, 0.15) is 0 Å². The highest BCUT2D eigenvalue weighted by Gasteiger charge is 2.24. The van der Waals surface area contributed by atoms with Crippen LogP contribution in [0.1, 0.15) is 50.9 Å². The number of hydrogen-bond acceptors (Lipinski definition) is 3. The summed E-state index contributed by atoms with van der Waals surface area (Å²) in [6, 6.07) is 2.09. The zero-order valence-corrected chi connectivity index (χ0v) is 13.1. The lowest BCUT2D eigenvalue weighted by Gasteiger charge is -2.33. The van der Waals surface area contributed by atoms with Gasteiger partial charge >= 0.3 is 0 Å². The van der Waals surface area contributed by atoms with Gasteiger partial charge in [0.25, 0.3) is 0 Å². The Morgan fingerprint density at radius 3 is 2.37 bits per heavy atom. The van der Waals surface area contributed by atoms with Crippen molar-refractivity contribution in [1.29, 1.82) is 0 Å². The molecule has 1 aliphatic heterocycles. The van der Waals surface area contributed by atoms with Gasteiger partial charge < -0.3 is 4.90 Å². The highest BCUT2D eigenvalue weighted by Crippen LogP contribution is 2.26. The van der Waals surface area contributed by atoms with E-state index in [1.165, 1.54) is 0 Å². The fourth-order valence-corrected chi connectivity index (χ4v) is 2.82. The highest BCUT2D eigenvalue weighted by molar-refractivity contribution is 6.20. The molecule has 19 heavy (non-hydrogen) atoms. The van der Waals surface area contributed by atoms with Crippen LogP contribution >= 0.6 is 11.6 Å². The third kappa shape index (κ3) is 3.59. The predicted octanol–water partition coefficient (Wildman–Crippen LogP) is 3.75. The molecule has 1 unspecified atom stereocenters. The van der Waals surface area contributed by atoms with E-state index in [9.17, 15) is 0 Å². The second-order valence-corrected chi connectivity index (χ2v) is 6.58. The molecule has 2 rings (SSSR count). The average molecular weight is 282 g/mol. The zero-order chi connectivity index (χ0) is 14.0. The van der Waals surface area contributed by atoms with E-state index in [1.54, 1.807) is 0 Å². The average Bonchev–Trinajstić information content (AvgIpc) is 2.38. The maximum atomic E-state index is 6.19. The van der Waals surface area contributed by atoms with Crippen LogP contribution < -0.4 is 4.90 Å². The molecule has 0 aromatic carbocycles. The second-order valence-electron chi connectivity index (χ2n) is 5.89. The molecule has 0 amide bonds. The quantitative estimate of drug-likeness (QED) is 0.790. The molecule has 3 nitrogen and oxygen atoms in total. The predicted molar refractivity (Wildman–Crippen MR) is 81.1 cm³/mol. The summed E-state index contributed by atoms with van der Waals surface area (Å²) in [5.74, 6) is 1.97. The van der Waals surface area contributed by atoms with Crippen LogP contribution in [0.3, 0.4) is 0 Å². The van der Waals surface area contributed by atoms with Gasteiger partial charge in [0, 0.05) is 29.9 Å². The fourth-order valence-electron chi connectivity index (χ4n) is 2.57. The minimum absolute atomic E-state index is 0.270. The number of rotatable bonds is 3. The molecule has 106 valence electrons. The van der Waals surface area contributed by atoms with Crippen molar-refractivity contribution in [1.82, 2.24) is 9.97 Å². The molecule has 0 saturated carbocycles. The summed E-state index contributed by atoms with van der Waals surface area (Å²) < 4.78 is 0. The Hall–Kier alpha value is -0.830. The SMILES string of the molecule is Cc1cc(C(C)C)nc(N2CCC(C(C)Cl)CC2)n1. The van der Waals surface area contributed by atoms with E-state index in [2.05, 4.69) is 36.7 Å². The number of alkyl halides is 1. The third-order valence-electron chi connectivity index (χ3n) is 3.93. The molecule has 1 saturated heterocycles. The van der Waals surface area contributed by atoms with Crippen molar-refractivity contribution in [3.63, 3.8) is 0 Å². The van der Waals surface area contributed by atoms with Crippen molar-refractivity contribution < 1.29 is 0 Å². The van der Waals surface area contributed by atoms with Crippen LogP contribution in [-0.4, -0.2) is 28.4 Å². The van der Waals surface area contributed by atoms with E-state index in [-0.39, 0.29) is 5.38 Å². The third-order valence-corrected chi connectivity index (χ3v) is 4.28. The first kappa shape index (κ1) is 14.6. The number of nitrogens with zero attached hydrogens (tertiary/aromatic N) is 3. The molecule has 0 radical (unpaired) electrons. The first-order chi connectivity index (χ1) is 8.97. The van der Waals surface area contributed by atoms with Crippen molar-refractivity contribution in [2.45, 2.75) is 51.8 Å². The number of piperidine rings is 1. The van der Waals surface area contributed by atoms with Crippen LogP contribution in [0.25, 0.3) is 0 Å². The summed E-state index contributed by atoms with van der Waals surface area (Å²) >= 11 is 6.19. The number of anilines is 1. The number of aromatic nitrogens is 2. The number of hydrogen-bond donors (Lipinski definition) is 0. The Morgan fingerprint density at radius 2 is 1.84 bits per heavy atom. The lowest BCUT2D eigenvalue weighted by molar-refractivity contribution is 0.397. The van der Waals surface area contributed by atoms with Gasteiger partial charge in [-0.25, -0.2) is 9.97 Å². The van der Waals surface area contributed by atoms with Crippen LogP contribution in [0.2, 0.25) is 0 Å². The van der Waals surface area contributed by atoms with E-state index in [0.29, 0.717) is 11.8 Å². The fraction of sp³-hybridized carbons (Fsp3) is 0.733. The topological polar surface area (TPSA) is 29.0 Å². The summed E-state index contributed by atoms with van der Waals surface area (Å²) in [5.41, 5.74) is 2.19. The Morgan fingerprint density at radius 1 is 1.21 bits per heavy atom. The Kier molecular flexibility index (Phi) is 4.67. The first-order valence-corrected chi connectivity index (χ1v) is 7.65. The summed E-state index contributed by atoms with van der Waals surface area (Å²) in [7, 11) is 0. The molecule has 1 aromatic rings. The lowest BCUT2D eigenvalue weighted by Crippen LogP contribution is -2.37. The minimum atomic E-state index is 0.270. The van der Waals surface area contributed by atoms with Crippen LogP contribution in [-0.2, 0) is 0 Å². The van der Waals surface area contributed by atoms with E-state index in [0.717, 1.165) is 43.3 Å². The molecule has 1 aliphatic rings. The standard InChI is InChI=1S/C15H24ClN3/c1-10(2)14-9-11(3)17-15(18-14)19-7-5-13(6-8-19)12(4)16/h9-10,12-13H,5-8H2,1-4H3. The van der Waals surface area contributed by atoms with E-state index in [1.807, 2.05) is 6.92 Å². The van der Waals surface area contributed by atoms with Crippen molar-refractivity contribution in [3.05, 3.63) is 17.5 Å². The molecule has 1 fully saturated rings. The Balaban J connectivity index is 2.11. The largest absolute Gasteiger partial charge is 0.341 e. The van der Waals surface area contributed by atoms with Crippen molar-refractivity contribution in [3.8, 4) is 0 Å². The zero-order valence-electron chi connectivity index (χ0n) is 12.4. The molecule has 0 N–H and O–H groups in total. The molecule has 0 spiro atoms. The van der Waals surface area contributed by atoms with Gasteiger partial charge in [0.05, 0.1) is 0 Å². The maximum absolute atomic E-state index is 6.19. The Bertz CT molecular complexity index is 423. The molecule has 0 bridgehead atoms. The second kappa shape index (κ2) is 6.08. The summed E-state index contributed by atoms with van der Waals surface area (Å²) in [5, 5.41) is 0.270. The molecule has 1 aromatic heterocycles. The van der Waals surface area contributed by atoms with Crippen molar-refractivity contribution in [2.24, 2.45) is 5.92 Å². The van der Waals surface area contributed by atoms with Gasteiger partial charge in [0.15, 0.2) is 0 Å². The van der Waals surface area contributed by atoms with Crippen LogP contribution in [0.15, 0.2) is 6.07 Å². The van der Waals surface area contributed by atoms with Gasteiger partial charge in [-0.15, -0.1) is 11.6 Å². The number of halogens is 1. The summed E-state index contributed by atoms with van der Waals surface area (Å²) in [4.78, 5) is 11.6. The maximum Gasteiger partial charge on any atom is 0.225 e. The van der Waals surface area contributed by atoms with E-state index < -0.39 is 0 Å². The van der Waals surface area contributed by atoms with Gasteiger partial charge in [-0.1, -0.05) is 13.8 Å². The van der Waals surface area contributed by atoms with Crippen LogP contribution in [0.5, 0.6) is 0 Å². The van der Waals surface area contributed by atoms with Gasteiger partial charge in [0.2, 0.25) is 5.95 Å². The van der Waals surface area contributed by atoms with Crippen molar-refractivity contribution in [2.75, 3.05) is 18.0 Å². The monoisotopic (exact) mass is 281 g/mol. The van der Waals surface area contributed by atoms with Gasteiger partial charge in [-0.3, -0.25) is 0 Å². The van der Waals surface area contributed by atoms with Crippen LogP contribution in [0.4, 0.5) is 5.95 Å². The van der Waals surface area contributed by atoms with Crippen LogP contribution in [0, 0.1) is 12.8 Å². The minimum Gasteiger partial charge on any atom is -0.341 e. The smallest absolute Gasteiger partial charge is 0.225 e. The summed E-state index contributed by atoms with van der Waals surface area (Å²) in [6.45, 7) is 10.5. The number of aryl methyl sites for hydroxylation is 1. The molecule has 0 aliphatic carbocycles. The van der Waals surface area contributed by atoms with Crippen molar-refractivity contribution >= 4 is 17.5 Å². The lowest BCUT2D eigenvalue weighted by atomic mass is 9.94. The Labute approximate surface area is 121 Å². The van der Waals surface area contributed by atoms with Gasteiger partial charge in [-0.05, 0) is 44.6 Å². The molecule has 2 heterocycles. The van der Waals surface area contributed by atoms with E-state index >= 15 is 0 Å². The van der Waals surface area contributed by atoms with E-state index in [4.69, 9.17) is 16.6 Å². The molecule has 1 atom stereocenters.